The summed E-state index contributed by atoms with van der Waals surface area (Å²) in [7, 11) is 1.59. The van der Waals surface area contributed by atoms with Crippen molar-refractivity contribution in [3.63, 3.8) is 0 Å². The van der Waals surface area contributed by atoms with E-state index in [0.717, 1.165) is 33.4 Å². The molecule has 4 aromatic rings. The third-order valence-electron chi connectivity index (χ3n) is 4.11. The third kappa shape index (κ3) is 3.52. The standard InChI is InChI=1S/C19H17N5O2S/c1-11-10-27-19(23-11)24-16(25)7-13-9-22-17-15(13)6-12(8-21-17)14-4-3-5-20-18(14)26-2/h3-6,8-10H,7H2,1-2H3,(H,21,22)(H,23,24,25). The van der Waals surface area contributed by atoms with Crippen LogP contribution in [0.3, 0.4) is 0 Å². The molecule has 0 aliphatic heterocycles. The molecule has 0 aliphatic carbocycles. The van der Waals surface area contributed by atoms with Gasteiger partial charge in [-0.05, 0) is 30.7 Å². The van der Waals surface area contributed by atoms with Crippen LogP contribution in [0, 0.1) is 6.92 Å². The topological polar surface area (TPSA) is 92.8 Å². The minimum Gasteiger partial charge on any atom is -0.481 e. The van der Waals surface area contributed by atoms with Crippen LogP contribution in [0.1, 0.15) is 11.3 Å². The molecule has 0 unspecified atom stereocenters. The highest BCUT2D eigenvalue weighted by molar-refractivity contribution is 7.13. The molecule has 0 saturated heterocycles. The van der Waals surface area contributed by atoms with Gasteiger partial charge >= 0.3 is 0 Å². The number of amides is 1. The first-order chi connectivity index (χ1) is 13.1. The van der Waals surface area contributed by atoms with Crippen LogP contribution in [0.4, 0.5) is 5.13 Å². The maximum atomic E-state index is 12.4. The Morgan fingerprint density at radius 2 is 2.26 bits per heavy atom. The van der Waals surface area contributed by atoms with E-state index in [1.807, 2.05) is 36.7 Å². The van der Waals surface area contributed by atoms with E-state index in [9.17, 15) is 4.79 Å². The fourth-order valence-corrected chi connectivity index (χ4v) is 3.58. The number of aryl methyl sites for hydroxylation is 1. The lowest BCUT2D eigenvalue weighted by Gasteiger charge is -2.07. The molecule has 0 bridgehead atoms. The van der Waals surface area contributed by atoms with Crippen molar-refractivity contribution in [2.75, 3.05) is 12.4 Å². The van der Waals surface area contributed by atoms with Crippen molar-refractivity contribution in [1.82, 2.24) is 19.9 Å². The molecule has 27 heavy (non-hydrogen) atoms. The normalized spacial score (nSPS) is 10.9. The van der Waals surface area contributed by atoms with Gasteiger partial charge in [0.15, 0.2) is 5.13 Å². The molecule has 2 N–H and O–H groups in total. The summed E-state index contributed by atoms with van der Waals surface area (Å²) in [5, 5.41) is 6.24. The fourth-order valence-electron chi connectivity index (χ4n) is 2.87. The Morgan fingerprint density at radius 3 is 3.04 bits per heavy atom. The second kappa shape index (κ2) is 7.16. The molecule has 4 heterocycles. The highest BCUT2D eigenvalue weighted by atomic mass is 32.1. The number of thiazole rings is 1. The highest BCUT2D eigenvalue weighted by Gasteiger charge is 2.14. The molecule has 136 valence electrons. The molecule has 8 heteroatoms. The SMILES string of the molecule is COc1ncccc1-c1cnc2[nH]cc(CC(=O)Nc3nc(C)cs3)c2c1. The van der Waals surface area contributed by atoms with Gasteiger partial charge in [0.1, 0.15) is 5.65 Å². The van der Waals surface area contributed by atoms with Crippen molar-refractivity contribution in [2.45, 2.75) is 13.3 Å². The summed E-state index contributed by atoms with van der Waals surface area (Å²) in [6.45, 7) is 1.89. The molecule has 4 aromatic heterocycles. The van der Waals surface area contributed by atoms with Gasteiger partial charge in [-0.3, -0.25) is 4.79 Å². The summed E-state index contributed by atoms with van der Waals surface area (Å²) < 4.78 is 5.34. The average Bonchev–Trinajstić information content (AvgIpc) is 3.27. The van der Waals surface area contributed by atoms with E-state index in [2.05, 4.69) is 25.3 Å². The van der Waals surface area contributed by atoms with Gasteiger partial charge in [0, 0.05) is 40.5 Å². The smallest absolute Gasteiger partial charge is 0.230 e. The van der Waals surface area contributed by atoms with Crippen LogP contribution in [0.25, 0.3) is 22.2 Å². The zero-order chi connectivity index (χ0) is 18.8. The van der Waals surface area contributed by atoms with Crippen molar-refractivity contribution >= 4 is 33.4 Å². The highest BCUT2D eigenvalue weighted by Crippen LogP contribution is 2.30. The van der Waals surface area contributed by atoms with Crippen LogP contribution < -0.4 is 10.1 Å². The quantitative estimate of drug-likeness (QED) is 0.553. The van der Waals surface area contributed by atoms with Crippen LogP contribution >= 0.6 is 11.3 Å². The fraction of sp³-hybridized carbons (Fsp3) is 0.158. The monoisotopic (exact) mass is 379 g/mol. The number of nitrogens with zero attached hydrogens (tertiary/aromatic N) is 3. The number of fused-ring (bicyclic) bond motifs is 1. The number of carbonyl (C=O) groups excluding carboxylic acids is 1. The van der Waals surface area contributed by atoms with Gasteiger partial charge in [0.2, 0.25) is 11.8 Å². The number of ether oxygens (including phenoxy) is 1. The number of hydrogen-bond donors (Lipinski definition) is 2. The third-order valence-corrected chi connectivity index (χ3v) is 4.98. The summed E-state index contributed by atoms with van der Waals surface area (Å²) in [5.41, 5.74) is 4.22. The number of aromatic amines is 1. The number of aromatic nitrogens is 4. The van der Waals surface area contributed by atoms with Gasteiger partial charge in [-0.15, -0.1) is 11.3 Å². The number of nitrogens with one attached hydrogen (secondary N) is 2. The Balaban J connectivity index is 1.63. The summed E-state index contributed by atoms with van der Waals surface area (Å²) in [4.78, 5) is 28.5. The van der Waals surface area contributed by atoms with Crippen LogP contribution in [-0.4, -0.2) is 33.0 Å². The molecular weight excluding hydrogens is 362 g/mol. The molecule has 0 radical (unpaired) electrons. The molecule has 0 saturated carbocycles. The maximum absolute atomic E-state index is 12.4. The number of pyridine rings is 2. The lowest BCUT2D eigenvalue weighted by Crippen LogP contribution is -2.14. The van der Waals surface area contributed by atoms with Crippen molar-refractivity contribution < 1.29 is 9.53 Å². The van der Waals surface area contributed by atoms with E-state index >= 15 is 0 Å². The predicted molar refractivity (Wildman–Crippen MR) is 105 cm³/mol. The van der Waals surface area contributed by atoms with E-state index in [0.29, 0.717) is 11.0 Å². The van der Waals surface area contributed by atoms with Gasteiger partial charge in [0.05, 0.1) is 19.2 Å². The minimum atomic E-state index is -0.116. The van der Waals surface area contributed by atoms with E-state index in [1.165, 1.54) is 11.3 Å². The van der Waals surface area contributed by atoms with Gasteiger partial charge in [-0.1, -0.05) is 0 Å². The number of methoxy groups -OCH3 is 1. The number of anilines is 1. The summed E-state index contributed by atoms with van der Waals surface area (Å²) >= 11 is 1.41. The predicted octanol–water partition coefficient (Wildman–Crippen LogP) is 3.58. The minimum absolute atomic E-state index is 0.116. The first-order valence-electron chi connectivity index (χ1n) is 8.31. The van der Waals surface area contributed by atoms with E-state index in [1.54, 1.807) is 19.5 Å². The maximum Gasteiger partial charge on any atom is 0.230 e. The lowest BCUT2D eigenvalue weighted by atomic mass is 10.1. The molecule has 0 fully saturated rings. The Labute approximate surface area is 159 Å². The Bertz CT molecular complexity index is 1120. The molecule has 0 atom stereocenters. The average molecular weight is 379 g/mol. The number of hydrogen-bond acceptors (Lipinski definition) is 6. The van der Waals surface area contributed by atoms with E-state index < -0.39 is 0 Å². The zero-order valence-electron chi connectivity index (χ0n) is 14.8. The second-order valence-corrected chi connectivity index (χ2v) is 6.87. The lowest BCUT2D eigenvalue weighted by molar-refractivity contribution is -0.115. The van der Waals surface area contributed by atoms with Crippen molar-refractivity contribution in [1.29, 1.82) is 0 Å². The van der Waals surface area contributed by atoms with Crippen LogP contribution in [0.2, 0.25) is 0 Å². The Hall–Kier alpha value is -3.26. The van der Waals surface area contributed by atoms with Crippen molar-refractivity contribution in [3.8, 4) is 17.0 Å². The second-order valence-electron chi connectivity index (χ2n) is 6.01. The summed E-state index contributed by atoms with van der Waals surface area (Å²) in [5.74, 6) is 0.419. The number of carbonyl (C=O) groups is 1. The van der Waals surface area contributed by atoms with Gasteiger partial charge in [-0.25, -0.2) is 15.0 Å². The summed E-state index contributed by atoms with van der Waals surface area (Å²) in [6.07, 6.45) is 5.49. The molecular formula is C19H17N5O2S. The Kier molecular flexibility index (Phi) is 4.55. The molecule has 0 aromatic carbocycles. The molecule has 7 nitrogen and oxygen atoms in total. The van der Waals surface area contributed by atoms with Crippen molar-refractivity contribution in [2.24, 2.45) is 0 Å². The first kappa shape index (κ1) is 17.2. The Morgan fingerprint density at radius 1 is 1.37 bits per heavy atom. The van der Waals surface area contributed by atoms with Gasteiger partial charge in [-0.2, -0.15) is 0 Å². The number of rotatable bonds is 5. The molecule has 0 spiro atoms. The van der Waals surface area contributed by atoms with Gasteiger partial charge in [0.25, 0.3) is 0 Å². The first-order valence-corrected chi connectivity index (χ1v) is 9.19. The number of H-pyrrole nitrogens is 1. The van der Waals surface area contributed by atoms with Crippen LogP contribution in [0.5, 0.6) is 5.88 Å². The van der Waals surface area contributed by atoms with Gasteiger partial charge < -0.3 is 15.0 Å². The summed E-state index contributed by atoms with van der Waals surface area (Å²) in [6, 6.07) is 5.77. The van der Waals surface area contributed by atoms with Crippen molar-refractivity contribution in [3.05, 3.63) is 53.4 Å². The molecule has 0 aliphatic rings. The van der Waals surface area contributed by atoms with Crippen LogP contribution in [-0.2, 0) is 11.2 Å². The van der Waals surface area contributed by atoms with Crippen LogP contribution in [0.15, 0.2) is 42.2 Å². The molecule has 4 rings (SSSR count). The van der Waals surface area contributed by atoms with E-state index in [-0.39, 0.29) is 12.3 Å². The zero-order valence-corrected chi connectivity index (χ0v) is 15.6. The van der Waals surface area contributed by atoms with E-state index in [4.69, 9.17) is 4.74 Å². The molecule has 1 amide bonds. The largest absolute Gasteiger partial charge is 0.481 e.